The maximum atomic E-state index is 6.06. The summed E-state index contributed by atoms with van der Waals surface area (Å²) in [4.78, 5) is 9.01. The summed E-state index contributed by atoms with van der Waals surface area (Å²) in [5.74, 6) is 1.51. The molecule has 0 unspecified atom stereocenters. The minimum absolute atomic E-state index is 0.462. The van der Waals surface area contributed by atoms with Crippen LogP contribution in [0, 0.1) is 13.8 Å². The average molecular weight is 420 g/mol. The lowest BCUT2D eigenvalue weighted by Gasteiger charge is -2.12. The van der Waals surface area contributed by atoms with Gasteiger partial charge in [0.1, 0.15) is 5.82 Å². The number of aromatic nitrogens is 5. The highest BCUT2D eigenvalue weighted by molar-refractivity contribution is 7.99. The van der Waals surface area contributed by atoms with Gasteiger partial charge in [-0.2, -0.15) is 0 Å². The molecule has 8 heteroatoms. The topological polar surface area (TPSA) is 56.5 Å². The van der Waals surface area contributed by atoms with Crippen LogP contribution in [0.5, 0.6) is 0 Å². The van der Waals surface area contributed by atoms with Crippen molar-refractivity contribution in [3.05, 3.63) is 52.6 Å². The molecule has 1 atom stereocenters. The number of nitrogens with zero attached hydrogens (tertiary/aromatic N) is 5. The maximum Gasteiger partial charge on any atom is 0.196 e. The van der Waals surface area contributed by atoms with E-state index >= 15 is 0 Å². The Bertz CT molecular complexity index is 891. The zero-order chi connectivity index (χ0) is 19.4. The quantitative estimate of drug-likeness (QED) is 0.371. The van der Waals surface area contributed by atoms with Crippen LogP contribution in [-0.4, -0.2) is 30.0 Å². The SMILES string of the molecule is CC[C@H](C)Sc1nnc(CSc2nc(C)cc(C)n2)n1-c1ccc(Cl)cc1. The standard InChI is InChI=1S/C19H22ClN5S2/c1-5-14(4)27-19-24-23-17(25(19)16-8-6-15(20)7-9-16)11-26-18-21-12(2)10-13(3)22-18/h6-10,14H,5,11H2,1-4H3/t14-/m0/s1. The van der Waals surface area contributed by atoms with Crippen LogP contribution in [-0.2, 0) is 5.75 Å². The van der Waals surface area contributed by atoms with Crippen molar-refractivity contribution in [2.24, 2.45) is 0 Å². The first-order chi connectivity index (χ1) is 13.0. The monoisotopic (exact) mass is 419 g/mol. The first kappa shape index (κ1) is 20.2. The van der Waals surface area contributed by atoms with Crippen LogP contribution in [0.2, 0.25) is 5.02 Å². The molecule has 3 aromatic rings. The van der Waals surface area contributed by atoms with Gasteiger partial charge in [0.25, 0.3) is 0 Å². The van der Waals surface area contributed by atoms with Crippen LogP contribution >= 0.6 is 35.1 Å². The van der Waals surface area contributed by atoms with Crippen molar-refractivity contribution in [2.75, 3.05) is 0 Å². The van der Waals surface area contributed by atoms with Gasteiger partial charge in [-0.05, 0) is 50.6 Å². The normalized spacial score (nSPS) is 12.3. The molecule has 0 spiro atoms. The Balaban J connectivity index is 1.90. The Morgan fingerprint density at radius 1 is 1.07 bits per heavy atom. The van der Waals surface area contributed by atoms with E-state index in [0.717, 1.165) is 39.6 Å². The molecule has 0 saturated carbocycles. The van der Waals surface area contributed by atoms with E-state index in [1.807, 2.05) is 44.2 Å². The fourth-order valence-corrected chi connectivity index (χ4v) is 4.39. The lowest BCUT2D eigenvalue weighted by Crippen LogP contribution is -2.04. The summed E-state index contributed by atoms with van der Waals surface area (Å²) in [5, 5.41) is 11.7. The second-order valence-electron chi connectivity index (χ2n) is 6.27. The molecule has 0 saturated heterocycles. The second kappa shape index (κ2) is 9.08. The molecule has 0 aliphatic heterocycles. The second-order valence-corrected chi connectivity index (χ2v) is 9.05. The number of rotatable bonds is 7. The highest BCUT2D eigenvalue weighted by Gasteiger charge is 2.17. The van der Waals surface area contributed by atoms with Gasteiger partial charge in [0.05, 0.1) is 5.75 Å². The fraction of sp³-hybridized carbons (Fsp3) is 0.368. The highest BCUT2D eigenvalue weighted by Crippen LogP contribution is 2.29. The van der Waals surface area contributed by atoms with Gasteiger partial charge in [-0.25, -0.2) is 9.97 Å². The molecule has 0 aliphatic carbocycles. The van der Waals surface area contributed by atoms with Gasteiger partial charge >= 0.3 is 0 Å². The molecule has 2 aromatic heterocycles. The molecule has 0 aliphatic rings. The Kier molecular flexibility index (Phi) is 6.78. The van der Waals surface area contributed by atoms with E-state index in [1.165, 1.54) is 0 Å². The first-order valence-electron chi connectivity index (χ1n) is 8.78. The van der Waals surface area contributed by atoms with E-state index in [2.05, 4.69) is 38.6 Å². The summed E-state index contributed by atoms with van der Waals surface area (Å²) in [6, 6.07) is 9.74. The predicted molar refractivity (Wildman–Crippen MR) is 113 cm³/mol. The van der Waals surface area contributed by atoms with E-state index in [4.69, 9.17) is 11.6 Å². The van der Waals surface area contributed by atoms with Gasteiger partial charge in [0.2, 0.25) is 0 Å². The summed E-state index contributed by atoms with van der Waals surface area (Å²) >= 11 is 9.37. The molecule has 0 radical (unpaired) electrons. The van der Waals surface area contributed by atoms with Crippen molar-refractivity contribution < 1.29 is 0 Å². The lowest BCUT2D eigenvalue weighted by molar-refractivity contribution is 0.840. The van der Waals surface area contributed by atoms with Crippen LogP contribution in [0.3, 0.4) is 0 Å². The third-order valence-electron chi connectivity index (χ3n) is 3.96. The van der Waals surface area contributed by atoms with E-state index < -0.39 is 0 Å². The Morgan fingerprint density at radius 3 is 2.37 bits per heavy atom. The highest BCUT2D eigenvalue weighted by atomic mass is 35.5. The first-order valence-corrected chi connectivity index (χ1v) is 11.0. The molecule has 0 fully saturated rings. The summed E-state index contributed by atoms with van der Waals surface area (Å²) < 4.78 is 2.10. The van der Waals surface area contributed by atoms with Crippen LogP contribution in [0.15, 0.2) is 40.6 Å². The summed E-state index contributed by atoms with van der Waals surface area (Å²) in [6.07, 6.45) is 1.07. The number of hydrogen-bond acceptors (Lipinski definition) is 6. The van der Waals surface area contributed by atoms with E-state index in [-0.39, 0.29) is 0 Å². The molecule has 27 heavy (non-hydrogen) atoms. The number of hydrogen-bond donors (Lipinski definition) is 0. The summed E-state index contributed by atoms with van der Waals surface area (Å²) in [7, 11) is 0. The largest absolute Gasteiger partial charge is 0.273 e. The summed E-state index contributed by atoms with van der Waals surface area (Å²) in [6.45, 7) is 8.34. The molecule has 0 bridgehead atoms. The summed E-state index contributed by atoms with van der Waals surface area (Å²) in [5.41, 5.74) is 2.95. The molecule has 5 nitrogen and oxygen atoms in total. The van der Waals surface area contributed by atoms with Crippen molar-refractivity contribution >= 4 is 35.1 Å². The predicted octanol–water partition coefficient (Wildman–Crippen LogP) is 5.51. The van der Waals surface area contributed by atoms with E-state index in [9.17, 15) is 0 Å². The van der Waals surface area contributed by atoms with Gasteiger partial charge in [0.15, 0.2) is 10.3 Å². The number of thioether (sulfide) groups is 2. The van der Waals surface area contributed by atoms with Crippen molar-refractivity contribution in [1.82, 2.24) is 24.7 Å². The molecular weight excluding hydrogens is 398 g/mol. The van der Waals surface area contributed by atoms with Crippen LogP contribution in [0.25, 0.3) is 5.69 Å². The average Bonchev–Trinajstić information content (AvgIpc) is 3.02. The molecule has 2 heterocycles. The van der Waals surface area contributed by atoms with Crippen molar-refractivity contribution in [2.45, 2.75) is 55.4 Å². The molecule has 142 valence electrons. The van der Waals surface area contributed by atoms with E-state index in [0.29, 0.717) is 16.0 Å². The number of benzene rings is 1. The van der Waals surface area contributed by atoms with Crippen molar-refractivity contribution in [3.8, 4) is 5.69 Å². The minimum atomic E-state index is 0.462. The van der Waals surface area contributed by atoms with Gasteiger partial charge in [-0.1, -0.05) is 49.0 Å². The number of halogens is 1. The molecule has 0 N–H and O–H groups in total. The van der Waals surface area contributed by atoms with Crippen LogP contribution in [0.1, 0.15) is 37.5 Å². The van der Waals surface area contributed by atoms with Crippen molar-refractivity contribution in [3.63, 3.8) is 0 Å². The molecule has 1 aromatic carbocycles. The van der Waals surface area contributed by atoms with Gasteiger partial charge in [-0.15, -0.1) is 10.2 Å². The van der Waals surface area contributed by atoms with E-state index in [1.54, 1.807) is 23.5 Å². The molecule has 3 rings (SSSR count). The Morgan fingerprint density at radius 2 is 1.74 bits per heavy atom. The third-order valence-corrected chi connectivity index (χ3v) is 6.26. The van der Waals surface area contributed by atoms with Crippen LogP contribution in [0.4, 0.5) is 0 Å². The van der Waals surface area contributed by atoms with Gasteiger partial charge in [-0.3, -0.25) is 4.57 Å². The van der Waals surface area contributed by atoms with Gasteiger partial charge < -0.3 is 0 Å². The Hall–Kier alpha value is -1.57. The van der Waals surface area contributed by atoms with Crippen LogP contribution < -0.4 is 0 Å². The van der Waals surface area contributed by atoms with Gasteiger partial charge in [0, 0.05) is 27.3 Å². The maximum absolute atomic E-state index is 6.06. The molecular formula is C19H22ClN5S2. The fourth-order valence-electron chi connectivity index (χ4n) is 2.47. The lowest BCUT2D eigenvalue weighted by atomic mass is 10.3. The number of aryl methyl sites for hydroxylation is 2. The molecule has 0 amide bonds. The zero-order valence-electron chi connectivity index (χ0n) is 15.8. The minimum Gasteiger partial charge on any atom is -0.273 e. The van der Waals surface area contributed by atoms with Crippen molar-refractivity contribution in [1.29, 1.82) is 0 Å². The zero-order valence-corrected chi connectivity index (χ0v) is 18.2. The Labute approximate surface area is 173 Å². The smallest absolute Gasteiger partial charge is 0.196 e. The third kappa shape index (κ3) is 5.24.